The van der Waals surface area contributed by atoms with E-state index in [-0.39, 0.29) is 18.7 Å². The summed E-state index contributed by atoms with van der Waals surface area (Å²) in [6, 6.07) is 9.12. The molecule has 0 aliphatic heterocycles. The molecule has 2 aromatic rings. The third kappa shape index (κ3) is 3.41. The van der Waals surface area contributed by atoms with Crippen molar-refractivity contribution in [3.8, 4) is 0 Å². The normalized spacial score (nSPS) is 22.0. The Morgan fingerprint density at radius 1 is 1.33 bits per heavy atom. The van der Waals surface area contributed by atoms with Crippen LogP contribution in [0, 0.1) is 11.8 Å². The average molecular weight is 315 g/mol. The van der Waals surface area contributed by atoms with Crippen molar-refractivity contribution in [2.24, 2.45) is 11.8 Å². The third-order valence-electron chi connectivity index (χ3n) is 3.68. The van der Waals surface area contributed by atoms with Gasteiger partial charge in [0.25, 0.3) is 0 Å². The lowest BCUT2D eigenvalue weighted by Crippen LogP contribution is -2.27. The molecule has 1 heterocycles. The van der Waals surface area contributed by atoms with E-state index in [9.17, 15) is 17.2 Å². The zero-order chi connectivity index (χ0) is 15.0. The molecule has 7 heteroatoms. The number of hydrogen-bond acceptors (Lipinski definition) is 3. The molecule has 0 spiro atoms. The molecule has 1 aliphatic rings. The first-order chi connectivity index (χ1) is 9.94. The molecule has 1 aliphatic carbocycles. The summed E-state index contributed by atoms with van der Waals surface area (Å²) in [4.78, 5) is 0. The molecule has 0 unspecified atom stereocenters. The monoisotopic (exact) mass is 315 g/mol. The minimum absolute atomic E-state index is 0.0308. The zero-order valence-corrected chi connectivity index (χ0v) is 11.9. The highest BCUT2D eigenvalue weighted by molar-refractivity contribution is 7.89. The second-order valence-electron chi connectivity index (χ2n) is 5.35. The van der Waals surface area contributed by atoms with Crippen molar-refractivity contribution in [1.82, 2.24) is 4.72 Å². The van der Waals surface area contributed by atoms with Gasteiger partial charge >= 0.3 is 0 Å². The van der Waals surface area contributed by atoms with E-state index in [2.05, 4.69) is 4.72 Å². The van der Waals surface area contributed by atoms with Crippen molar-refractivity contribution in [1.29, 1.82) is 0 Å². The average Bonchev–Trinajstić information content (AvgIpc) is 3.04. The maximum atomic E-state index is 12.4. The van der Waals surface area contributed by atoms with E-state index >= 15 is 0 Å². The fourth-order valence-corrected chi connectivity index (χ4v) is 3.84. The topological polar surface area (TPSA) is 59.3 Å². The van der Waals surface area contributed by atoms with Gasteiger partial charge in [-0.1, -0.05) is 18.2 Å². The smallest absolute Gasteiger partial charge is 0.241 e. The zero-order valence-electron chi connectivity index (χ0n) is 11.1. The molecule has 114 valence electrons. The van der Waals surface area contributed by atoms with Crippen molar-refractivity contribution in [3.05, 3.63) is 36.1 Å². The lowest BCUT2D eigenvalue weighted by atomic mass is 10.2. The number of halogens is 2. The Morgan fingerprint density at radius 2 is 2.10 bits per heavy atom. The molecule has 1 saturated carbocycles. The van der Waals surface area contributed by atoms with Crippen molar-refractivity contribution in [3.63, 3.8) is 0 Å². The molecule has 3 rings (SSSR count). The lowest BCUT2D eigenvalue weighted by molar-refractivity contribution is 0.117. The summed E-state index contributed by atoms with van der Waals surface area (Å²) in [5, 5.41) is 0.895. The van der Waals surface area contributed by atoms with Crippen LogP contribution in [0.5, 0.6) is 0 Å². The van der Waals surface area contributed by atoms with Crippen LogP contribution >= 0.6 is 0 Å². The summed E-state index contributed by atoms with van der Waals surface area (Å²) < 4.78 is 56.3. The number of nitrogens with one attached hydrogen (secondary N) is 1. The van der Waals surface area contributed by atoms with E-state index in [0.29, 0.717) is 11.3 Å². The van der Waals surface area contributed by atoms with Gasteiger partial charge in [0.15, 0.2) is 0 Å². The van der Waals surface area contributed by atoms with Crippen molar-refractivity contribution in [2.45, 2.75) is 19.4 Å². The summed E-state index contributed by atoms with van der Waals surface area (Å²) in [7, 11) is -3.56. The van der Waals surface area contributed by atoms with Crippen LogP contribution in [0.2, 0.25) is 0 Å². The summed E-state index contributed by atoms with van der Waals surface area (Å²) in [6.45, 7) is 0.0308. The Kier molecular flexibility index (Phi) is 3.71. The fraction of sp³-hybridized carbons (Fsp3) is 0.429. The van der Waals surface area contributed by atoms with Crippen LogP contribution in [-0.4, -0.2) is 20.6 Å². The van der Waals surface area contributed by atoms with Crippen LogP contribution in [0.25, 0.3) is 11.0 Å². The highest BCUT2D eigenvalue weighted by atomic mass is 32.2. The first-order valence-corrected chi connectivity index (χ1v) is 8.33. The van der Waals surface area contributed by atoms with Gasteiger partial charge in [-0.3, -0.25) is 0 Å². The first kappa shape index (κ1) is 14.5. The highest BCUT2D eigenvalue weighted by Gasteiger charge is 2.46. The largest absolute Gasteiger partial charge is 0.460 e. The summed E-state index contributed by atoms with van der Waals surface area (Å²) in [5.74, 6) is -0.950. The summed E-state index contributed by atoms with van der Waals surface area (Å²) in [5.41, 5.74) is 0.687. The number of hydrogen-bond donors (Lipinski definition) is 1. The van der Waals surface area contributed by atoms with Gasteiger partial charge in [0.05, 0.1) is 12.3 Å². The van der Waals surface area contributed by atoms with Crippen molar-refractivity contribution in [2.75, 3.05) is 5.75 Å². The Labute approximate surface area is 121 Å². The summed E-state index contributed by atoms with van der Waals surface area (Å²) >= 11 is 0. The fourth-order valence-electron chi connectivity index (χ4n) is 2.42. The number of fused-ring (bicyclic) bond motifs is 1. The quantitative estimate of drug-likeness (QED) is 0.891. The maximum absolute atomic E-state index is 12.4. The second kappa shape index (κ2) is 5.38. The third-order valence-corrected chi connectivity index (χ3v) is 5.13. The van der Waals surface area contributed by atoms with E-state index in [0.717, 1.165) is 5.39 Å². The predicted molar refractivity (Wildman–Crippen MR) is 74.4 cm³/mol. The highest BCUT2D eigenvalue weighted by Crippen LogP contribution is 2.43. The number of para-hydroxylation sites is 1. The lowest BCUT2D eigenvalue weighted by Gasteiger charge is -2.04. The van der Waals surface area contributed by atoms with Crippen LogP contribution in [0.15, 0.2) is 34.7 Å². The van der Waals surface area contributed by atoms with Crippen molar-refractivity contribution >= 4 is 21.0 Å². The van der Waals surface area contributed by atoms with Crippen LogP contribution in [0.3, 0.4) is 0 Å². The van der Waals surface area contributed by atoms with Gasteiger partial charge in [-0.15, -0.1) is 0 Å². The Hall–Kier alpha value is -1.47. The van der Waals surface area contributed by atoms with E-state index in [4.69, 9.17) is 4.42 Å². The van der Waals surface area contributed by atoms with Gasteiger partial charge in [-0.05, 0) is 24.5 Å². The molecule has 0 amide bonds. The molecular weight excluding hydrogens is 300 g/mol. The molecular formula is C14H15F2NO3S. The molecule has 1 fully saturated rings. The molecule has 2 atom stereocenters. The molecule has 21 heavy (non-hydrogen) atoms. The minimum Gasteiger partial charge on any atom is -0.460 e. The molecule has 0 saturated heterocycles. The van der Waals surface area contributed by atoms with Crippen LogP contribution in [-0.2, 0) is 16.6 Å². The first-order valence-electron chi connectivity index (χ1n) is 6.67. The van der Waals surface area contributed by atoms with Gasteiger partial charge in [0.1, 0.15) is 11.3 Å². The van der Waals surface area contributed by atoms with E-state index < -0.39 is 28.3 Å². The number of benzene rings is 1. The van der Waals surface area contributed by atoms with Gasteiger partial charge < -0.3 is 4.42 Å². The number of furan rings is 1. The van der Waals surface area contributed by atoms with E-state index in [1.54, 1.807) is 12.1 Å². The Morgan fingerprint density at radius 3 is 2.76 bits per heavy atom. The van der Waals surface area contributed by atoms with E-state index in [1.807, 2.05) is 18.2 Å². The molecule has 0 bridgehead atoms. The van der Waals surface area contributed by atoms with Crippen LogP contribution in [0.4, 0.5) is 8.78 Å². The second-order valence-corrected chi connectivity index (χ2v) is 7.20. The predicted octanol–water partition coefficient (Wildman–Crippen LogP) is 2.75. The van der Waals surface area contributed by atoms with Gasteiger partial charge in [0, 0.05) is 11.3 Å². The molecule has 0 radical (unpaired) electrons. The Bertz CT molecular complexity index is 709. The molecule has 1 N–H and O–H groups in total. The standard InChI is InChI=1S/C14H15F2NO3S/c15-14(16)12-6-10(12)8-21(18,19)17-7-11-5-9-3-1-2-4-13(9)20-11/h1-5,10,12,14,17H,6-8H2/t10-,12+/m0/s1. The minimum atomic E-state index is -3.56. The molecule has 1 aromatic carbocycles. The van der Waals surface area contributed by atoms with Gasteiger partial charge in [0.2, 0.25) is 16.4 Å². The maximum Gasteiger partial charge on any atom is 0.241 e. The van der Waals surface area contributed by atoms with Gasteiger partial charge in [-0.2, -0.15) is 0 Å². The number of rotatable bonds is 6. The SMILES string of the molecule is O=S(=O)(C[C@@H]1C[C@H]1C(F)F)NCc1cc2ccccc2o1. The van der Waals surface area contributed by atoms with Gasteiger partial charge in [-0.25, -0.2) is 21.9 Å². The Balaban J connectivity index is 1.59. The summed E-state index contributed by atoms with van der Waals surface area (Å²) in [6.07, 6.45) is -2.15. The number of sulfonamides is 1. The molecule has 4 nitrogen and oxygen atoms in total. The number of alkyl halides is 2. The van der Waals surface area contributed by atoms with E-state index in [1.165, 1.54) is 0 Å². The van der Waals surface area contributed by atoms with Crippen LogP contribution < -0.4 is 4.72 Å². The molecule has 1 aromatic heterocycles. The van der Waals surface area contributed by atoms with Crippen molar-refractivity contribution < 1.29 is 21.6 Å². The van der Waals surface area contributed by atoms with Crippen LogP contribution in [0.1, 0.15) is 12.2 Å².